The highest BCUT2D eigenvalue weighted by Crippen LogP contribution is 2.31. The lowest BCUT2D eigenvalue weighted by atomic mass is 10.0. The minimum Gasteiger partial charge on any atom is -0.293 e. The molecule has 1 aliphatic rings. The number of carbonyl (C=O) groups is 1. The fourth-order valence-electron chi connectivity index (χ4n) is 2.24. The van der Waals surface area contributed by atoms with E-state index in [2.05, 4.69) is 36.2 Å². The van der Waals surface area contributed by atoms with Crippen LogP contribution in [0.2, 0.25) is 0 Å². The number of nitrogens with zero attached hydrogens (tertiary/aromatic N) is 1. The van der Waals surface area contributed by atoms with Crippen molar-refractivity contribution in [3.05, 3.63) is 45.4 Å². The van der Waals surface area contributed by atoms with Crippen molar-refractivity contribution in [2.75, 3.05) is 0 Å². The lowest BCUT2D eigenvalue weighted by molar-refractivity contribution is 0.0976. The molecule has 0 amide bonds. The molecule has 0 bridgehead atoms. The van der Waals surface area contributed by atoms with Gasteiger partial charge in [0, 0.05) is 11.3 Å². The molecular formula is C15H15NOS2. The summed E-state index contributed by atoms with van der Waals surface area (Å²) in [5, 5.41) is 1.08. The number of rotatable bonds is 3. The quantitative estimate of drug-likeness (QED) is 0.791. The van der Waals surface area contributed by atoms with Gasteiger partial charge in [0.25, 0.3) is 0 Å². The summed E-state index contributed by atoms with van der Waals surface area (Å²) in [5.74, 6) is 1.14. The number of Topliss-reactive ketones (excluding diaryl/α,β-unsaturated/α-hetero) is 1. The molecule has 2 aromatic rings. The van der Waals surface area contributed by atoms with Crippen molar-refractivity contribution in [1.29, 1.82) is 0 Å². The van der Waals surface area contributed by atoms with Gasteiger partial charge in [0.1, 0.15) is 5.01 Å². The zero-order chi connectivity index (χ0) is 13.2. The van der Waals surface area contributed by atoms with Crippen LogP contribution in [0.25, 0.3) is 0 Å². The maximum atomic E-state index is 11.8. The maximum Gasteiger partial charge on any atom is 0.174 e. The highest BCUT2D eigenvalue weighted by Gasteiger charge is 2.21. The summed E-state index contributed by atoms with van der Waals surface area (Å²) in [6.07, 6.45) is 2.62. The number of aromatic nitrogens is 1. The molecular weight excluding hydrogens is 274 g/mol. The van der Waals surface area contributed by atoms with E-state index in [1.165, 1.54) is 10.5 Å². The molecule has 0 saturated carbocycles. The molecule has 0 radical (unpaired) electrons. The molecule has 1 heterocycles. The van der Waals surface area contributed by atoms with Crippen molar-refractivity contribution in [2.45, 2.75) is 36.8 Å². The van der Waals surface area contributed by atoms with E-state index in [4.69, 9.17) is 0 Å². The number of benzene rings is 1. The van der Waals surface area contributed by atoms with Crippen LogP contribution in [-0.2, 0) is 12.2 Å². The summed E-state index contributed by atoms with van der Waals surface area (Å²) in [5.41, 5.74) is 2.33. The maximum absolute atomic E-state index is 11.8. The SMILES string of the molecule is Cc1ccccc1SCc1nc2c(s1)C(=O)CCC2. The third-order valence-corrected chi connectivity index (χ3v) is 5.77. The van der Waals surface area contributed by atoms with Gasteiger partial charge < -0.3 is 0 Å². The predicted octanol–water partition coefficient (Wildman–Crippen LogP) is 4.26. The van der Waals surface area contributed by atoms with Gasteiger partial charge in [-0.2, -0.15) is 0 Å². The topological polar surface area (TPSA) is 30.0 Å². The molecule has 0 spiro atoms. The van der Waals surface area contributed by atoms with Crippen LogP contribution < -0.4 is 0 Å². The number of fused-ring (bicyclic) bond motifs is 1. The average Bonchev–Trinajstić information content (AvgIpc) is 2.82. The Morgan fingerprint density at radius 2 is 2.16 bits per heavy atom. The van der Waals surface area contributed by atoms with Crippen molar-refractivity contribution in [3.63, 3.8) is 0 Å². The molecule has 4 heteroatoms. The number of carbonyl (C=O) groups excluding carboxylic acids is 1. The van der Waals surface area contributed by atoms with Crippen LogP contribution in [0.5, 0.6) is 0 Å². The smallest absolute Gasteiger partial charge is 0.174 e. The van der Waals surface area contributed by atoms with Crippen LogP contribution in [-0.4, -0.2) is 10.8 Å². The number of aryl methyl sites for hydroxylation is 2. The first-order chi connectivity index (χ1) is 9.24. The Morgan fingerprint density at radius 3 is 2.95 bits per heavy atom. The molecule has 98 valence electrons. The van der Waals surface area contributed by atoms with Gasteiger partial charge in [0.05, 0.1) is 16.3 Å². The number of hydrogen-bond donors (Lipinski definition) is 0. The molecule has 1 aromatic heterocycles. The third kappa shape index (κ3) is 2.74. The van der Waals surface area contributed by atoms with Gasteiger partial charge in [-0.15, -0.1) is 23.1 Å². The highest BCUT2D eigenvalue weighted by molar-refractivity contribution is 7.98. The molecule has 0 saturated heterocycles. The summed E-state index contributed by atoms with van der Waals surface area (Å²) >= 11 is 3.39. The van der Waals surface area contributed by atoms with E-state index >= 15 is 0 Å². The van der Waals surface area contributed by atoms with E-state index in [0.29, 0.717) is 6.42 Å². The van der Waals surface area contributed by atoms with Crippen LogP contribution in [0.4, 0.5) is 0 Å². The third-order valence-electron chi connectivity index (χ3n) is 3.26. The monoisotopic (exact) mass is 289 g/mol. The van der Waals surface area contributed by atoms with E-state index in [-0.39, 0.29) is 5.78 Å². The van der Waals surface area contributed by atoms with Crippen LogP contribution in [0, 0.1) is 6.92 Å². The minimum atomic E-state index is 0.283. The molecule has 0 fully saturated rings. The summed E-state index contributed by atoms with van der Waals surface area (Å²) in [4.78, 5) is 18.6. The van der Waals surface area contributed by atoms with Crippen molar-refractivity contribution in [1.82, 2.24) is 4.98 Å². The minimum absolute atomic E-state index is 0.283. The Bertz CT molecular complexity index is 618. The zero-order valence-electron chi connectivity index (χ0n) is 10.8. The van der Waals surface area contributed by atoms with E-state index in [0.717, 1.165) is 34.2 Å². The number of ketones is 1. The van der Waals surface area contributed by atoms with Crippen LogP contribution in [0.1, 0.15) is 38.8 Å². The summed E-state index contributed by atoms with van der Waals surface area (Å²) in [7, 11) is 0. The lowest BCUT2D eigenvalue weighted by Crippen LogP contribution is -2.07. The molecule has 0 unspecified atom stereocenters. The second-order valence-electron chi connectivity index (χ2n) is 4.71. The van der Waals surface area contributed by atoms with Gasteiger partial charge in [0.15, 0.2) is 5.78 Å². The second-order valence-corrected chi connectivity index (χ2v) is 6.82. The van der Waals surface area contributed by atoms with Crippen LogP contribution >= 0.6 is 23.1 Å². The Labute approximate surface area is 121 Å². The van der Waals surface area contributed by atoms with Crippen LogP contribution in [0.15, 0.2) is 29.2 Å². The summed E-state index contributed by atoms with van der Waals surface area (Å²) in [6, 6.07) is 8.38. The average molecular weight is 289 g/mol. The molecule has 3 rings (SSSR count). The molecule has 0 aliphatic heterocycles. The highest BCUT2D eigenvalue weighted by atomic mass is 32.2. The molecule has 1 aliphatic carbocycles. The Balaban J connectivity index is 1.74. The molecule has 0 N–H and O–H groups in total. The fourth-order valence-corrected chi connectivity index (χ4v) is 4.34. The van der Waals surface area contributed by atoms with Gasteiger partial charge in [-0.1, -0.05) is 18.2 Å². The molecule has 1 aromatic carbocycles. The van der Waals surface area contributed by atoms with Crippen molar-refractivity contribution in [3.8, 4) is 0 Å². The first kappa shape index (κ1) is 12.9. The van der Waals surface area contributed by atoms with E-state index in [1.54, 1.807) is 23.1 Å². The predicted molar refractivity (Wildman–Crippen MR) is 80.1 cm³/mol. The van der Waals surface area contributed by atoms with Crippen molar-refractivity contribution < 1.29 is 4.79 Å². The van der Waals surface area contributed by atoms with E-state index in [1.807, 2.05) is 0 Å². The summed E-state index contributed by atoms with van der Waals surface area (Å²) < 4.78 is 0. The number of hydrogen-bond acceptors (Lipinski definition) is 4. The second kappa shape index (κ2) is 5.47. The van der Waals surface area contributed by atoms with Gasteiger partial charge in [-0.3, -0.25) is 4.79 Å². The molecule has 19 heavy (non-hydrogen) atoms. The Hall–Kier alpha value is -1.13. The zero-order valence-corrected chi connectivity index (χ0v) is 12.4. The Kier molecular flexibility index (Phi) is 3.71. The first-order valence-electron chi connectivity index (χ1n) is 6.44. The normalized spacial score (nSPS) is 14.5. The fraction of sp³-hybridized carbons (Fsp3) is 0.333. The van der Waals surface area contributed by atoms with Crippen LogP contribution in [0.3, 0.4) is 0 Å². The largest absolute Gasteiger partial charge is 0.293 e. The number of thioether (sulfide) groups is 1. The lowest BCUT2D eigenvalue weighted by Gasteiger charge is -2.06. The van der Waals surface area contributed by atoms with E-state index in [9.17, 15) is 4.79 Å². The molecule has 0 atom stereocenters. The number of thiazole rings is 1. The van der Waals surface area contributed by atoms with Crippen molar-refractivity contribution >= 4 is 28.9 Å². The van der Waals surface area contributed by atoms with Gasteiger partial charge in [-0.05, 0) is 31.4 Å². The first-order valence-corrected chi connectivity index (χ1v) is 8.24. The van der Waals surface area contributed by atoms with Gasteiger partial charge >= 0.3 is 0 Å². The van der Waals surface area contributed by atoms with Gasteiger partial charge in [0.2, 0.25) is 0 Å². The summed E-state index contributed by atoms with van der Waals surface area (Å²) in [6.45, 7) is 2.12. The van der Waals surface area contributed by atoms with Gasteiger partial charge in [-0.25, -0.2) is 4.98 Å². The van der Waals surface area contributed by atoms with E-state index < -0.39 is 0 Å². The molecule has 2 nitrogen and oxygen atoms in total. The Morgan fingerprint density at radius 1 is 1.32 bits per heavy atom. The standard InChI is InChI=1S/C15H15NOS2/c1-10-5-2-3-8-13(10)18-9-14-16-11-6-4-7-12(17)15(11)19-14/h2-3,5,8H,4,6-7,9H2,1H3. The van der Waals surface area contributed by atoms with Crippen molar-refractivity contribution in [2.24, 2.45) is 0 Å².